The summed E-state index contributed by atoms with van der Waals surface area (Å²) in [5.41, 5.74) is 5.89. The van der Waals surface area contributed by atoms with Crippen LogP contribution in [-0.2, 0) is 15.7 Å². The van der Waals surface area contributed by atoms with Gasteiger partial charge in [-0.25, -0.2) is 0 Å². The molecule has 5 rings (SSSR count). The minimum Gasteiger partial charge on any atom is -0.409 e. The van der Waals surface area contributed by atoms with E-state index in [9.17, 15) is 5.11 Å². The average Bonchev–Trinajstić information content (AvgIpc) is 3.39. The van der Waals surface area contributed by atoms with E-state index in [1.54, 1.807) is 6.20 Å². The third kappa shape index (κ3) is 5.28. The van der Waals surface area contributed by atoms with Crippen molar-refractivity contribution in [1.82, 2.24) is 9.78 Å². The molecule has 0 amide bonds. The highest BCUT2D eigenvalue weighted by Gasteiger charge is 2.61. The lowest BCUT2D eigenvalue weighted by atomic mass is 9.48. The van der Waals surface area contributed by atoms with Crippen LogP contribution in [0.15, 0.2) is 12.4 Å². The van der Waals surface area contributed by atoms with E-state index in [2.05, 4.69) is 45.9 Å². The molecule has 1 aromatic rings. The van der Waals surface area contributed by atoms with E-state index in [1.807, 2.05) is 24.9 Å². The number of fused-ring (bicyclic) bond motifs is 5. The highest BCUT2D eigenvalue weighted by atomic mass is 28.4. The van der Waals surface area contributed by atoms with Crippen molar-refractivity contribution in [3.63, 3.8) is 0 Å². The van der Waals surface area contributed by atoms with Crippen LogP contribution in [-0.4, -0.2) is 48.1 Å². The summed E-state index contributed by atoms with van der Waals surface area (Å²) < 4.78 is 14.9. The lowest BCUT2D eigenvalue weighted by Gasteiger charge is -2.59. The SMILES string of the molecule is COC[C@@]1(O[Si](C)(C)C(C)(C)C)CC[C@H]2[C@H](CC[C@@H]3[C@@H]2CC[C@]2(C)C([C@](C)(O)Cn4cc(N)cn4)CC[C@@H]32)C1. The number of aliphatic hydroxyl groups is 1. The zero-order valence-corrected chi connectivity index (χ0v) is 27.1. The smallest absolute Gasteiger partial charge is 0.192 e. The maximum absolute atomic E-state index is 11.8. The van der Waals surface area contributed by atoms with Crippen LogP contribution >= 0.6 is 0 Å². The third-order valence-corrected chi connectivity index (χ3v) is 17.2. The molecule has 1 unspecified atom stereocenters. The Labute approximate surface area is 238 Å². The van der Waals surface area contributed by atoms with Gasteiger partial charge in [0.25, 0.3) is 0 Å². The number of aromatic nitrogens is 2. The molecule has 1 aromatic heterocycles. The number of anilines is 1. The fourth-order valence-corrected chi connectivity index (χ4v) is 11.7. The van der Waals surface area contributed by atoms with Gasteiger partial charge in [-0.05, 0) is 124 Å². The topological polar surface area (TPSA) is 82.5 Å². The van der Waals surface area contributed by atoms with Crippen LogP contribution in [0.4, 0.5) is 5.69 Å². The minimum atomic E-state index is -1.89. The molecule has 0 spiro atoms. The molecule has 1 heterocycles. The van der Waals surface area contributed by atoms with Crippen molar-refractivity contribution >= 4 is 14.0 Å². The molecule has 7 heteroatoms. The average molecular weight is 560 g/mol. The molecule has 39 heavy (non-hydrogen) atoms. The first-order valence-corrected chi connectivity index (χ1v) is 18.7. The van der Waals surface area contributed by atoms with Crippen molar-refractivity contribution < 1.29 is 14.3 Å². The standard InChI is InChI=1S/C32H57N3O3Si/c1-29(2,3)39(7,8)38-32(21-37-6)16-14-24-22(17-32)9-10-26-25(24)13-15-30(4)27(26)11-12-28(30)31(5,36)20-35-19-23(33)18-34-35/h18-19,22,24-28,36H,9-17,20-21,33H2,1-8H3/t22-,24+,25-,26-,27+,28?,30+,31-,32-/m1/s1. The molecule has 4 saturated carbocycles. The Bertz CT molecular complexity index is 1020. The zero-order chi connectivity index (χ0) is 28.4. The maximum atomic E-state index is 11.8. The van der Waals surface area contributed by atoms with Gasteiger partial charge in [-0.2, -0.15) is 5.10 Å². The van der Waals surface area contributed by atoms with Crippen LogP contribution in [0.3, 0.4) is 0 Å². The van der Waals surface area contributed by atoms with Crippen molar-refractivity contribution in [3.05, 3.63) is 12.4 Å². The summed E-state index contributed by atoms with van der Waals surface area (Å²) in [5.74, 6) is 4.26. The van der Waals surface area contributed by atoms with Crippen molar-refractivity contribution in [2.24, 2.45) is 40.9 Å². The Kier molecular flexibility index (Phi) is 7.69. The Hall–Kier alpha value is -0.893. The Morgan fingerprint density at radius 3 is 2.41 bits per heavy atom. The van der Waals surface area contributed by atoms with E-state index in [0.717, 1.165) is 49.0 Å². The van der Waals surface area contributed by atoms with E-state index >= 15 is 0 Å². The van der Waals surface area contributed by atoms with Gasteiger partial charge >= 0.3 is 0 Å². The number of rotatable bonds is 7. The first kappa shape index (κ1) is 29.6. The second kappa shape index (κ2) is 10.1. The number of hydrogen-bond donors (Lipinski definition) is 2. The second-order valence-electron chi connectivity index (χ2n) is 16.2. The molecule has 4 aliphatic carbocycles. The predicted octanol–water partition coefficient (Wildman–Crippen LogP) is 6.89. The number of methoxy groups -OCH3 is 1. The number of nitrogen functional groups attached to an aromatic ring is 1. The van der Waals surface area contributed by atoms with E-state index in [-0.39, 0.29) is 16.1 Å². The third-order valence-electron chi connectivity index (χ3n) is 12.7. The fourth-order valence-electron chi connectivity index (χ4n) is 10.1. The van der Waals surface area contributed by atoms with E-state index in [1.165, 1.54) is 44.9 Å². The second-order valence-corrected chi connectivity index (χ2v) is 20.9. The monoisotopic (exact) mass is 559 g/mol. The van der Waals surface area contributed by atoms with E-state index in [0.29, 0.717) is 18.2 Å². The number of nitrogens with zero attached hydrogens (tertiary/aromatic N) is 2. The normalized spacial score (nSPS) is 40.4. The maximum Gasteiger partial charge on any atom is 0.192 e. The van der Waals surface area contributed by atoms with E-state index in [4.69, 9.17) is 14.9 Å². The summed E-state index contributed by atoms with van der Waals surface area (Å²) >= 11 is 0. The molecule has 4 fully saturated rings. The summed E-state index contributed by atoms with van der Waals surface area (Å²) in [7, 11) is -0.0344. The molecule has 3 N–H and O–H groups in total. The first-order valence-electron chi connectivity index (χ1n) is 15.8. The Balaban J connectivity index is 1.30. The molecule has 9 atom stereocenters. The molecule has 222 valence electrons. The van der Waals surface area contributed by atoms with Gasteiger partial charge in [0.15, 0.2) is 8.32 Å². The Morgan fingerprint density at radius 1 is 1.05 bits per heavy atom. The number of nitrogens with two attached hydrogens (primary N) is 1. The lowest BCUT2D eigenvalue weighted by Crippen LogP contribution is -2.57. The summed E-state index contributed by atoms with van der Waals surface area (Å²) in [6.07, 6.45) is 14.8. The van der Waals surface area contributed by atoms with Gasteiger partial charge in [0.2, 0.25) is 0 Å². The van der Waals surface area contributed by atoms with Gasteiger partial charge in [-0.1, -0.05) is 27.7 Å². The number of ether oxygens (including phenoxy) is 1. The highest BCUT2D eigenvalue weighted by Crippen LogP contribution is 2.66. The highest BCUT2D eigenvalue weighted by molar-refractivity contribution is 6.74. The van der Waals surface area contributed by atoms with Crippen LogP contribution in [0.5, 0.6) is 0 Å². The molecule has 0 aromatic carbocycles. The van der Waals surface area contributed by atoms with Crippen molar-refractivity contribution in [3.8, 4) is 0 Å². The molecule has 0 radical (unpaired) electrons. The van der Waals surface area contributed by atoms with Crippen molar-refractivity contribution in [2.45, 2.75) is 128 Å². The molecule has 0 bridgehead atoms. The fraction of sp³-hybridized carbons (Fsp3) is 0.906. The van der Waals surface area contributed by atoms with Gasteiger partial charge < -0.3 is 20.0 Å². The molecule has 4 aliphatic rings. The van der Waals surface area contributed by atoms with Crippen LogP contribution in [0.2, 0.25) is 18.1 Å². The molecule has 0 saturated heterocycles. The van der Waals surface area contributed by atoms with Crippen LogP contribution in [0.25, 0.3) is 0 Å². The van der Waals surface area contributed by atoms with E-state index < -0.39 is 13.9 Å². The lowest BCUT2D eigenvalue weighted by molar-refractivity contribution is -0.134. The van der Waals surface area contributed by atoms with Gasteiger partial charge in [-0.15, -0.1) is 0 Å². The van der Waals surface area contributed by atoms with Gasteiger partial charge in [0.05, 0.1) is 36.2 Å². The Morgan fingerprint density at radius 2 is 1.77 bits per heavy atom. The minimum absolute atomic E-state index is 0.109. The molecular formula is C32H57N3O3Si. The first-order chi connectivity index (χ1) is 18.1. The molecule has 0 aliphatic heterocycles. The van der Waals surface area contributed by atoms with Gasteiger partial charge in [0, 0.05) is 13.3 Å². The largest absolute Gasteiger partial charge is 0.409 e. The number of hydrogen-bond acceptors (Lipinski definition) is 5. The van der Waals surface area contributed by atoms with Crippen molar-refractivity contribution in [2.75, 3.05) is 19.5 Å². The molecular weight excluding hydrogens is 502 g/mol. The summed E-state index contributed by atoms with van der Waals surface area (Å²) in [4.78, 5) is 0. The van der Waals surface area contributed by atoms with Crippen LogP contribution in [0.1, 0.15) is 92.4 Å². The summed E-state index contributed by atoms with van der Waals surface area (Å²) in [5, 5.41) is 16.4. The summed E-state index contributed by atoms with van der Waals surface area (Å²) in [6, 6.07) is 0. The quantitative estimate of drug-likeness (QED) is 0.355. The molecule has 6 nitrogen and oxygen atoms in total. The van der Waals surface area contributed by atoms with Crippen LogP contribution in [0, 0.1) is 40.9 Å². The predicted molar refractivity (Wildman–Crippen MR) is 161 cm³/mol. The van der Waals surface area contributed by atoms with Crippen molar-refractivity contribution in [1.29, 1.82) is 0 Å². The van der Waals surface area contributed by atoms with Gasteiger partial charge in [0.1, 0.15) is 0 Å². The van der Waals surface area contributed by atoms with Gasteiger partial charge in [-0.3, -0.25) is 4.68 Å². The zero-order valence-electron chi connectivity index (χ0n) is 26.1. The van der Waals surface area contributed by atoms with Crippen LogP contribution < -0.4 is 5.73 Å². The summed E-state index contributed by atoms with van der Waals surface area (Å²) in [6.45, 7) is 17.7.